The molecule has 1 aromatic heterocycles. The second kappa shape index (κ2) is 5.17. The quantitative estimate of drug-likeness (QED) is 0.682. The van der Waals surface area contributed by atoms with E-state index in [0.29, 0.717) is 6.54 Å². The summed E-state index contributed by atoms with van der Waals surface area (Å²) < 4.78 is 1.98. The van der Waals surface area contributed by atoms with E-state index in [4.69, 9.17) is 0 Å². The van der Waals surface area contributed by atoms with Crippen LogP contribution >= 0.6 is 0 Å². The normalized spacial score (nSPS) is 11.0. The summed E-state index contributed by atoms with van der Waals surface area (Å²) >= 11 is 0. The minimum absolute atomic E-state index is 0.124. The number of benzene rings is 2. The van der Waals surface area contributed by atoms with Crippen molar-refractivity contribution >= 4 is 16.8 Å². The zero-order valence-corrected chi connectivity index (χ0v) is 12.6. The predicted octanol–water partition coefficient (Wildman–Crippen LogP) is 3.84. The van der Waals surface area contributed by atoms with E-state index in [9.17, 15) is 4.79 Å². The lowest BCUT2D eigenvalue weighted by Crippen LogP contribution is -2.13. The van der Waals surface area contributed by atoms with Crippen LogP contribution in [0.25, 0.3) is 11.0 Å². The van der Waals surface area contributed by atoms with Gasteiger partial charge in [-0.3, -0.25) is 4.79 Å². The number of ketones is 1. The van der Waals surface area contributed by atoms with Crippen molar-refractivity contribution in [1.29, 1.82) is 0 Å². The Morgan fingerprint density at radius 2 is 1.86 bits per heavy atom. The van der Waals surface area contributed by atoms with Crippen molar-refractivity contribution in [1.82, 2.24) is 9.55 Å². The number of aryl methyl sites for hydroxylation is 3. The number of hydrogen-bond donors (Lipinski definition) is 0. The van der Waals surface area contributed by atoms with Crippen molar-refractivity contribution in [2.75, 3.05) is 0 Å². The lowest BCUT2D eigenvalue weighted by molar-refractivity contribution is 0.0972. The molecule has 0 N–H and O–H groups in total. The van der Waals surface area contributed by atoms with Crippen LogP contribution in [0.4, 0.5) is 0 Å². The van der Waals surface area contributed by atoms with E-state index >= 15 is 0 Å². The smallest absolute Gasteiger partial charge is 0.182 e. The first-order valence-corrected chi connectivity index (χ1v) is 7.08. The number of fused-ring (bicyclic) bond motifs is 1. The Morgan fingerprint density at radius 3 is 2.62 bits per heavy atom. The zero-order chi connectivity index (χ0) is 15.0. The Hall–Kier alpha value is -2.42. The molecule has 0 spiro atoms. The summed E-state index contributed by atoms with van der Waals surface area (Å²) in [5.74, 6) is 0.994. The van der Waals surface area contributed by atoms with Gasteiger partial charge in [-0.1, -0.05) is 35.9 Å². The van der Waals surface area contributed by atoms with Crippen LogP contribution in [-0.2, 0) is 6.54 Å². The van der Waals surface area contributed by atoms with Gasteiger partial charge < -0.3 is 4.57 Å². The van der Waals surface area contributed by atoms with Crippen LogP contribution in [0.3, 0.4) is 0 Å². The molecule has 3 rings (SSSR count). The summed E-state index contributed by atoms with van der Waals surface area (Å²) in [6.45, 7) is 6.29. The van der Waals surface area contributed by atoms with Crippen LogP contribution < -0.4 is 0 Å². The summed E-state index contributed by atoms with van der Waals surface area (Å²) in [5, 5.41) is 0. The molecule has 0 fully saturated rings. The highest BCUT2D eigenvalue weighted by molar-refractivity contribution is 5.98. The molecule has 2 aromatic carbocycles. The first kappa shape index (κ1) is 13.6. The lowest BCUT2D eigenvalue weighted by atomic mass is 10.0. The number of para-hydroxylation sites is 2. The maximum absolute atomic E-state index is 12.6. The van der Waals surface area contributed by atoms with Crippen LogP contribution in [0.2, 0.25) is 0 Å². The topological polar surface area (TPSA) is 34.9 Å². The highest BCUT2D eigenvalue weighted by atomic mass is 16.1. The Balaban J connectivity index is 1.98. The number of nitrogens with zero attached hydrogens (tertiary/aromatic N) is 2. The fraction of sp³-hybridized carbons (Fsp3) is 0.222. The standard InChI is InChI=1S/C18H18N2O/c1-12-8-9-15(13(2)10-12)18(21)11-20-14(3)19-16-6-4-5-7-17(16)20/h4-10H,11H2,1-3H3. The van der Waals surface area contributed by atoms with Crippen LogP contribution in [-0.4, -0.2) is 15.3 Å². The van der Waals surface area contributed by atoms with Crippen LogP contribution in [0, 0.1) is 20.8 Å². The molecular formula is C18H18N2O. The molecule has 0 aliphatic rings. The van der Waals surface area contributed by atoms with E-state index in [0.717, 1.165) is 28.0 Å². The molecule has 0 amide bonds. The summed E-state index contributed by atoms with van der Waals surface area (Å²) in [6, 6.07) is 13.9. The van der Waals surface area contributed by atoms with Crippen LogP contribution in [0.5, 0.6) is 0 Å². The molecule has 0 aliphatic carbocycles. The Bertz CT molecular complexity index is 830. The van der Waals surface area contributed by atoms with Crippen LogP contribution in [0.1, 0.15) is 27.3 Å². The largest absolute Gasteiger partial charge is 0.320 e. The van der Waals surface area contributed by atoms with E-state index in [1.165, 1.54) is 5.56 Å². The molecule has 106 valence electrons. The third-order valence-electron chi connectivity index (χ3n) is 3.83. The van der Waals surface area contributed by atoms with Gasteiger partial charge in [0.05, 0.1) is 17.6 Å². The molecule has 0 atom stereocenters. The van der Waals surface area contributed by atoms with Gasteiger partial charge in [0.25, 0.3) is 0 Å². The first-order chi connectivity index (χ1) is 10.1. The molecule has 0 radical (unpaired) electrons. The maximum atomic E-state index is 12.6. The van der Waals surface area contributed by atoms with Gasteiger partial charge in [-0.25, -0.2) is 4.98 Å². The van der Waals surface area contributed by atoms with Crippen molar-refractivity contribution < 1.29 is 4.79 Å². The summed E-state index contributed by atoms with van der Waals surface area (Å²) in [6.07, 6.45) is 0. The van der Waals surface area contributed by atoms with Gasteiger partial charge in [0.1, 0.15) is 5.82 Å². The van der Waals surface area contributed by atoms with Gasteiger partial charge in [-0.05, 0) is 38.5 Å². The van der Waals surface area contributed by atoms with Gasteiger partial charge in [-0.2, -0.15) is 0 Å². The Morgan fingerprint density at radius 1 is 1.10 bits per heavy atom. The monoisotopic (exact) mass is 278 g/mol. The van der Waals surface area contributed by atoms with Crippen molar-refractivity contribution in [2.45, 2.75) is 27.3 Å². The first-order valence-electron chi connectivity index (χ1n) is 7.08. The van der Waals surface area contributed by atoms with E-state index in [2.05, 4.69) is 4.98 Å². The van der Waals surface area contributed by atoms with Gasteiger partial charge in [0, 0.05) is 5.56 Å². The molecule has 3 aromatic rings. The SMILES string of the molecule is Cc1ccc(C(=O)Cn2c(C)nc3ccccc32)c(C)c1. The third-order valence-corrected chi connectivity index (χ3v) is 3.83. The van der Waals surface area contributed by atoms with E-state index in [1.54, 1.807) is 0 Å². The summed E-state index contributed by atoms with van der Waals surface area (Å²) in [7, 11) is 0. The predicted molar refractivity (Wildman–Crippen MR) is 84.7 cm³/mol. The molecule has 1 heterocycles. The maximum Gasteiger partial charge on any atom is 0.182 e. The summed E-state index contributed by atoms with van der Waals surface area (Å²) in [5.41, 5.74) is 4.93. The highest BCUT2D eigenvalue weighted by Crippen LogP contribution is 2.18. The van der Waals surface area contributed by atoms with Crippen molar-refractivity contribution in [3.05, 3.63) is 65.0 Å². The van der Waals surface area contributed by atoms with Crippen molar-refractivity contribution in [2.24, 2.45) is 0 Å². The number of rotatable bonds is 3. The molecular weight excluding hydrogens is 260 g/mol. The molecule has 0 saturated heterocycles. The molecule has 3 heteroatoms. The highest BCUT2D eigenvalue weighted by Gasteiger charge is 2.13. The molecule has 3 nitrogen and oxygen atoms in total. The fourth-order valence-corrected chi connectivity index (χ4v) is 2.75. The van der Waals surface area contributed by atoms with Crippen molar-refractivity contribution in [3.8, 4) is 0 Å². The van der Waals surface area contributed by atoms with E-state index < -0.39 is 0 Å². The number of hydrogen-bond acceptors (Lipinski definition) is 2. The fourth-order valence-electron chi connectivity index (χ4n) is 2.75. The van der Waals surface area contributed by atoms with Gasteiger partial charge >= 0.3 is 0 Å². The summed E-state index contributed by atoms with van der Waals surface area (Å²) in [4.78, 5) is 17.1. The number of imidazole rings is 1. The third kappa shape index (κ3) is 2.47. The minimum Gasteiger partial charge on any atom is -0.320 e. The van der Waals surface area contributed by atoms with Gasteiger partial charge in [0.15, 0.2) is 5.78 Å². The molecule has 0 bridgehead atoms. The zero-order valence-electron chi connectivity index (χ0n) is 12.6. The molecule has 21 heavy (non-hydrogen) atoms. The molecule has 0 unspecified atom stereocenters. The number of carbonyl (C=O) groups excluding carboxylic acids is 1. The van der Waals surface area contributed by atoms with E-state index in [-0.39, 0.29) is 5.78 Å². The second-order valence-electron chi connectivity index (χ2n) is 5.48. The number of carbonyl (C=O) groups is 1. The molecule has 0 aliphatic heterocycles. The average molecular weight is 278 g/mol. The lowest BCUT2D eigenvalue weighted by Gasteiger charge is -2.09. The second-order valence-corrected chi connectivity index (χ2v) is 5.48. The Kier molecular flexibility index (Phi) is 3.34. The van der Waals surface area contributed by atoms with Crippen molar-refractivity contribution in [3.63, 3.8) is 0 Å². The van der Waals surface area contributed by atoms with Crippen LogP contribution in [0.15, 0.2) is 42.5 Å². The minimum atomic E-state index is 0.124. The molecule has 0 saturated carbocycles. The number of Topliss-reactive ketones (excluding diaryl/α,β-unsaturated/α-hetero) is 1. The van der Waals surface area contributed by atoms with Gasteiger partial charge in [0.2, 0.25) is 0 Å². The van der Waals surface area contributed by atoms with Gasteiger partial charge in [-0.15, -0.1) is 0 Å². The van der Waals surface area contributed by atoms with E-state index in [1.807, 2.05) is 67.8 Å². The Labute approximate surface area is 124 Å². The number of aromatic nitrogens is 2. The average Bonchev–Trinajstić information content (AvgIpc) is 2.75.